The number of urea groups is 1. The predicted molar refractivity (Wildman–Crippen MR) is 59.0 cm³/mol. The minimum absolute atomic E-state index is 0.0712. The Morgan fingerprint density at radius 1 is 1.50 bits per heavy atom. The molecule has 2 saturated heterocycles. The highest BCUT2D eigenvalue weighted by Crippen LogP contribution is 2.29. The summed E-state index contributed by atoms with van der Waals surface area (Å²) in [4.78, 5) is 13.5. The number of rotatable bonds is 2. The molecule has 2 heterocycles. The highest BCUT2D eigenvalue weighted by atomic mass is 16.7. The largest absolute Gasteiger partial charge is 0.346 e. The molecule has 1 spiro atoms. The second kappa shape index (κ2) is 4.84. The van der Waals surface area contributed by atoms with E-state index in [4.69, 9.17) is 9.47 Å². The third-order valence-corrected chi connectivity index (χ3v) is 2.92. The van der Waals surface area contributed by atoms with Gasteiger partial charge in [-0.25, -0.2) is 4.79 Å². The molecule has 0 saturated carbocycles. The summed E-state index contributed by atoms with van der Waals surface area (Å²) in [5.41, 5.74) is 0. The Bertz CT molecular complexity index is 274. The van der Waals surface area contributed by atoms with Crippen LogP contribution >= 0.6 is 0 Å². The summed E-state index contributed by atoms with van der Waals surface area (Å²) in [6, 6.07) is -0.0712. The van der Waals surface area contributed by atoms with Crippen LogP contribution in [0.4, 0.5) is 4.79 Å². The molecule has 0 radical (unpaired) electrons. The first-order valence-electron chi connectivity index (χ1n) is 5.67. The predicted octanol–water partition coefficient (Wildman–Crippen LogP) is 0.721. The number of nitrogens with one attached hydrogen (secondary N) is 1. The number of hydrogen-bond acceptors (Lipinski definition) is 3. The zero-order chi connectivity index (χ0) is 11.4. The van der Waals surface area contributed by atoms with Crippen LogP contribution in [0.15, 0.2) is 12.7 Å². The molecule has 0 aromatic carbocycles. The van der Waals surface area contributed by atoms with Crippen LogP contribution in [0.3, 0.4) is 0 Å². The number of carbonyl (C=O) groups excluding carboxylic acids is 1. The quantitative estimate of drug-likeness (QED) is 0.706. The molecule has 16 heavy (non-hydrogen) atoms. The summed E-state index contributed by atoms with van der Waals surface area (Å²) in [6.45, 7) is 6.60. The van der Waals surface area contributed by atoms with Gasteiger partial charge in [0.05, 0.1) is 19.8 Å². The monoisotopic (exact) mass is 226 g/mol. The lowest BCUT2D eigenvalue weighted by Gasteiger charge is -2.38. The second-order valence-electron chi connectivity index (χ2n) is 4.11. The second-order valence-corrected chi connectivity index (χ2v) is 4.11. The van der Waals surface area contributed by atoms with E-state index in [1.807, 2.05) is 0 Å². The van der Waals surface area contributed by atoms with E-state index in [-0.39, 0.29) is 6.03 Å². The fourth-order valence-electron chi connectivity index (χ4n) is 2.17. The number of piperidine rings is 1. The molecule has 2 aliphatic rings. The van der Waals surface area contributed by atoms with Crippen molar-refractivity contribution in [2.24, 2.45) is 0 Å². The molecular weight excluding hydrogens is 208 g/mol. The summed E-state index contributed by atoms with van der Waals surface area (Å²) in [7, 11) is 0. The minimum Gasteiger partial charge on any atom is -0.346 e. The Morgan fingerprint density at radius 3 is 2.94 bits per heavy atom. The number of ether oxygens (including phenoxy) is 2. The van der Waals surface area contributed by atoms with Crippen molar-refractivity contribution < 1.29 is 14.3 Å². The van der Waals surface area contributed by atoms with Crippen LogP contribution in [0.5, 0.6) is 0 Å². The van der Waals surface area contributed by atoms with Crippen LogP contribution in [0, 0.1) is 0 Å². The Hall–Kier alpha value is -1.07. The maximum absolute atomic E-state index is 11.8. The van der Waals surface area contributed by atoms with Crippen molar-refractivity contribution in [3.05, 3.63) is 12.7 Å². The standard InChI is InChI=1S/C11H18N2O3/c1-2-5-12-10(14)13-6-3-4-11(9-13)15-7-8-16-11/h2H,1,3-9H2,(H,12,14). The van der Waals surface area contributed by atoms with Crippen LogP contribution in [0.25, 0.3) is 0 Å². The third kappa shape index (κ3) is 2.36. The van der Waals surface area contributed by atoms with Gasteiger partial charge in [0.15, 0.2) is 5.79 Å². The van der Waals surface area contributed by atoms with Gasteiger partial charge in [0, 0.05) is 19.5 Å². The van der Waals surface area contributed by atoms with Gasteiger partial charge in [-0.3, -0.25) is 0 Å². The molecule has 2 aliphatic heterocycles. The molecule has 0 aromatic rings. The van der Waals surface area contributed by atoms with Crippen molar-refractivity contribution >= 4 is 6.03 Å². The number of amides is 2. The molecule has 0 aromatic heterocycles. The molecule has 5 nitrogen and oxygen atoms in total. The highest BCUT2D eigenvalue weighted by molar-refractivity contribution is 5.74. The van der Waals surface area contributed by atoms with Gasteiger partial charge in [-0.2, -0.15) is 0 Å². The number of nitrogens with zero attached hydrogens (tertiary/aromatic N) is 1. The summed E-state index contributed by atoms with van der Waals surface area (Å²) in [5, 5.41) is 2.77. The van der Waals surface area contributed by atoms with Crippen molar-refractivity contribution in [1.29, 1.82) is 0 Å². The molecule has 0 aliphatic carbocycles. The zero-order valence-corrected chi connectivity index (χ0v) is 9.41. The van der Waals surface area contributed by atoms with E-state index in [0.717, 1.165) is 19.4 Å². The van der Waals surface area contributed by atoms with E-state index >= 15 is 0 Å². The average Bonchev–Trinajstić information content (AvgIpc) is 2.74. The third-order valence-electron chi connectivity index (χ3n) is 2.92. The van der Waals surface area contributed by atoms with Gasteiger partial charge in [-0.15, -0.1) is 6.58 Å². The summed E-state index contributed by atoms with van der Waals surface area (Å²) in [6.07, 6.45) is 3.46. The van der Waals surface area contributed by atoms with Gasteiger partial charge in [-0.05, 0) is 6.42 Å². The van der Waals surface area contributed by atoms with Crippen molar-refractivity contribution in [3.8, 4) is 0 Å². The number of likely N-dealkylation sites (tertiary alicyclic amines) is 1. The maximum atomic E-state index is 11.8. The maximum Gasteiger partial charge on any atom is 0.317 e. The van der Waals surface area contributed by atoms with E-state index in [0.29, 0.717) is 26.3 Å². The first-order chi connectivity index (χ1) is 7.76. The Labute approximate surface area is 95.4 Å². The lowest BCUT2D eigenvalue weighted by atomic mass is 10.1. The van der Waals surface area contributed by atoms with Gasteiger partial charge in [0.2, 0.25) is 0 Å². The molecule has 2 fully saturated rings. The Kier molecular flexibility index (Phi) is 3.46. The molecule has 0 bridgehead atoms. The van der Waals surface area contributed by atoms with Crippen LogP contribution in [0.1, 0.15) is 12.8 Å². The number of hydrogen-bond donors (Lipinski definition) is 1. The van der Waals surface area contributed by atoms with Gasteiger partial charge in [0.1, 0.15) is 0 Å². The molecule has 0 unspecified atom stereocenters. The molecular formula is C11H18N2O3. The Morgan fingerprint density at radius 2 is 2.25 bits per heavy atom. The fourth-order valence-corrected chi connectivity index (χ4v) is 2.17. The SMILES string of the molecule is C=CCNC(=O)N1CCCC2(C1)OCCO2. The molecule has 1 N–H and O–H groups in total. The smallest absolute Gasteiger partial charge is 0.317 e. The van der Waals surface area contributed by atoms with Crippen LogP contribution < -0.4 is 5.32 Å². The summed E-state index contributed by atoms with van der Waals surface area (Å²) < 4.78 is 11.2. The number of carbonyl (C=O) groups is 1. The van der Waals surface area contributed by atoms with Gasteiger partial charge in [-0.1, -0.05) is 6.08 Å². The van der Waals surface area contributed by atoms with E-state index < -0.39 is 5.79 Å². The normalized spacial score (nSPS) is 23.4. The van der Waals surface area contributed by atoms with Crippen molar-refractivity contribution in [2.45, 2.75) is 18.6 Å². The first-order valence-corrected chi connectivity index (χ1v) is 5.67. The first kappa shape index (κ1) is 11.4. The highest BCUT2D eigenvalue weighted by Gasteiger charge is 2.41. The molecule has 5 heteroatoms. The van der Waals surface area contributed by atoms with E-state index in [1.165, 1.54) is 0 Å². The molecule has 2 amide bonds. The van der Waals surface area contributed by atoms with Crippen LogP contribution in [0.2, 0.25) is 0 Å². The van der Waals surface area contributed by atoms with Gasteiger partial charge in [0.25, 0.3) is 0 Å². The van der Waals surface area contributed by atoms with Gasteiger partial charge < -0.3 is 19.7 Å². The summed E-state index contributed by atoms with van der Waals surface area (Å²) >= 11 is 0. The lowest BCUT2D eigenvalue weighted by molar-refractivity contribution is -0.182. The summed E-state index contributed by atoms with van der Waals surface area (Å²) in [5.74, 6) is -0.538. The van der Waals surface area contributed by atoms with Crippen molar-refractivity contribution in [2.75, 3.05) is 32.8 Å². The van der Waals surface area contributed by atoms with Gasteiger partial charge >= 0.3 is 6.03 Å². The molecule has 90 valence electrons. The Balaban J connectivity index is 1.90. The molecule has 0 atom stereocenters. The average molecular weight is 226 g/mol. The minimum atomic E-state index is -0.538. The van der Waals surface area contributed by atoms with Crippen LogP contribution in [-0.4, -0.2) is 49.6 Å². The molecule has 2 rings (SSSR count). The van der Waals surface area contributed by atoms with Crippen LogP contribution in [-0.2, 0) is 9.47 Å². The fraction of sp³-hybridized carbons (Fsp3) is 0.727. The van der Waals surface area contributed by atoms with E-state index in [2.05, 4.69) is 11.9 Å². The van der Waals surface area contributed by atoms with E-state index in [1.54, 1.807) is 11.0 Å². The topological polar surface area (TPSA) is 50.8 Å². The van der Waals surface area contributed by atoms with E-state index in [9.17, 15) is 4.79 Å². The zero-order valence-electron chi connectivity index (χ0n) is 9.41. The van der Waals surface area contributed by atoms with Crippen molar-refractivity contribution in [1.82, 2.24) is 10.2 Å². The lowest BCUT2D eigenvalue weighted by Crippen LogP contribution is -2.53. The van der Waals surface area contributed by atoms with Crippen molar-refractivity contribution in [3.63, 3.8) is 0 Å².